The van der Waals surface area contributed by atoms with Gasteiger partial charge in [0.15, 0.2) is 5.58 Å². The molecule has 0 aromatic carbocycles. The van der Waals surface area contributed by atoms with Crippen LogP contribution in [0, 0.1) is 11.3 Å². The molecule has 11 heavy (non-hydrogen) atoms. The van der Waals surface area contributed by atoms with Gasteiger partial charge in [-0.15, -0.1) is 0 Å². The van der Waals surface area contributed by atoms with Crippen LogP contribution >= 0.6 is 0 Å². The third-order valence-electron chi connectivity index (χ3n) is 1.35. The highest BCUT2D eigenvalue weighted by molar-refractivity contribution is 5.75. The first kappa shape index (κ1) is 5.86. The lowest BCUT2D eigenvalue weighted by atomic mass is 10.3. The normalized spacial score (nSPS) is 9.73. The van der Waals surface area contributed by atoms with E-state index in [0.29, 0.717) is 11.3 Å². The van der Waals surface area contributed by atoms with Gasteiger partial charge in [-0.3, -0.25) is 0 Å². The zero-order chi connectivity index (χ0) is 7.68. The monoisotopic (exact) mass is 145 g/mol. The number of hydrogen-bond acceptors (Lipinski definition) is 4. The summed E-state index contributed by atoms with van der Waals surface area (Å²) in [5.74, 6) is 0. The first-order valence-electron chi connectivity index (χ1n) is 3.01. The molecule has 0 saturated carbocycles. The topological polar surface area (TPSA) is 62.7 Å². The first-order valence-corrected chi connectivity index (χ1v) is 3.01. The van der Waals surface area contributed by atoms with Crippen LogP contribution in [0.4, 0.5) is 0 Å². The van der Waals surface area contributed by atoms with Gasteiger partial charge in [0.05, 0.1) is 11.6 Å². The van der Waals surface area contributed by atoms with Gasteiger partial charge in [-0.05, 0) is 0 Å². The molecule has 0 bridgehead atoms. The van der Waals surface area contributed by atoms with E-state index in [2.05, 4.69) is 10.1 Å². The van der Waals surface area contributed by atoms with Crippen LogP contribution in [-0.4, -0.2) is 10.1 Å². The van der Waals surface area contributed by atoms with E-state index in [1.807, 2.05) is 6.07 Å². The van der Waals surface area contributed by atoms with Gasteiger partial charge in [0, 0.05) is 12.3 Å². The Labute approximate surface area is 62.1 Å². The van der Waals surface area contributed by atoms with E-state index in [0.717, 1.165) is 5.39 Å². The molecule has 0 unspecified atom stereocenters. The lowest BCUT2D eigenvalue weighted by Crippen LogP contribution is -1.78. The summed E-state index contributed by atoms with van der Waals surface area (Å²) in [5.41, 5.74) is 0.936. The molecule has 4 heteroatoms. The molecule has 2 rings (SSSR count). The summed E-state index contributed by atoms with van der Waals surface area (Å²) in [4.78, 5) is 3.84. The van der Waals surface area contributed by atoms with E-state index in [1.165, 1.54) is 0 Å². The second-order valence-corrected chi connectivity index (χ2v) is 2.04. The molecular formula is C7H3N3O. The molecule has 52 valence electrons. The molecule has 0 radical (unpaired) electrons. The second kappa shape index (κ2) is 2.06. The van der Waals surface area contributed by atoms with E-state index in [4.69, 9.17) is 9.78 Å². The summed E-state index contributed by atoms with van der Waals surface area (Å²) in [6.45, 7) is 0. The van der Waals surface area contributed by atoms with E-state index in [1.54, 1.807) is 18.5 Å². The van der Waals surface area contributed by atoms with Gasteiger partial charge in [-0.1, -0.05) is 5.16 Å². The number of nitriles is 1. The van der Waals surface area contributed by atoms with Crippen LogP contribution in [0.15, 0.2) is 23.0 Å². The molecule has 0 atom stereocenters. The van der Waals surface area contributed by atoms with Crippen molar-refractivity contribution < 1.29 is 4.52 Å². The first-order chi connectivity index (χ1) is 5.40. The van der Waals surface area contributed by atoms with Gasteiger partial charge in [0.1, 0.15) is 11.8 Å². The second-order valence-electron chi connectivity index (χ2n) is 2.04. The quantitative estimate of drug-likeness (QED) is 0.556. The summed E-state index contributed by atoms with van der Waals surface area (Å²) in [6.07, 6.45) is 3.12. The minimum atomic E-state index is 0.342. The van der Waals surface area contributed by atoms with Crippen molar-refractivity contribution in [2.24, 2.45) is 0 Å². The maximum atomic E-state index is 8.46. The fourth-order valence-electron chi connectivity index (χ4n) is 0.825. The third kappa shape index (κ3) is 0.829. The summed E-state index contributed by atoms with van der Waals surface area (Å²) in [6, 6.07) is 3.47. The highest BCUT2D eigenvalue weighted by Crippen LogP contribution is 2.11. The van der Waals surface area contributed by atoms with E-state index < -0.39 is 0 Å². The van der Waals surface area contributed by atoms with E-state index in [9.17, 15) is 0 Å². The van der Waals surface area contributed by atoms with Crippen molar-refractivity contribution in [1.82, 2.24) is 10.1 Å². The molecule has 0 amide bonds. The Morgan fingerprint density at radius 1 is 1.45 bits per heavy atom. The zero-order valence-corrected chi connectivity index (χ0v) is 5.48. The third-order valence-corrected chi connectivity index (χ3v) is 1.35. The molecule has 0 aliphatic heterocycles. The molecule has 2 aromatic rings. The van der Waals surface area contributed by atoms with Crippen LogP contribution in [0.1, 0.15) is 5.69 Å². The van der Waals surface area contributed by atoms with Gasteiger partial charge < -0.3 is 4.52 Å². The Balaban J connectivity index is 2.79. The number of fused-ring (bicyclic) bond motifs is 1. The molecule has 0 fully saturated rings. The lowest BCUT2D eigenvalue weighted by molar-refractivity contribution is 0.456. The Bertz CT molecular complexity index is 426. The van der Waals surface area contributed by atoms with Crippen LogP contribution in [0.2, 0.25) is 0 Å². The highest BCUT2D eigenvalue weighted by atomic mass is 16.5. The van der Waals surface area contributed by atoms with Crippen LogP contribution < -0.4 is 0 Å². The number of hydrogen-bond donors (Lipinski definition) is 0. The van der Waals surface area contributed by atoms with Gasteiger partial charge in [-0.2, -0.15) is 5.26 Å². The predicted octanol–water partition coefficient (Wildman–Crippen LogP) is 1.09. The summed E-state index contributed by atoms with van der Waals surface area (Å²) in [5, 5.41) is 12.8. The lowest BCUT2D eigenvalue weighted by Gasteiger charge is -1.84. The molecule has 2 aromatic heterocycles. The highest BCUT2D eigenvalue weighted by Gasteiger charge is 1.99. The van der Waals surface area contributed by atoms with Crippen molar-refractivity contribution in [3.63, 3.8) is 0 Å². The van der Waals surface area contributed by atoms with Crippen molar-refractivity contribution >= 4 is 11.0 Å². The molecule has 4 nitrogen and oxygen atoms in total. The molecule has 0 saturated heterocycles. The molecule has 0 N–H and O–H groups in total. The van der Waals surface area contributed by atoms with Gasteiger partial charge in [0.25, 0.3) is 0 Å². The number of nitrogens with zero attached hydrogens (tertiary/aromatic N) is 3. The fourth-order valence-corrected chi connectivity index (χ4v) is 0.825. The Kier molecular flexibility index (Phi) is 1.10. The van der Waals surface area contributed by atoms with Crippen molar-refractivity contribution in [3.05, 3.63) is 24.2 Å². The zero-order valence-electron chi connectivity index (χ0n) is 5.48. The van der Waals surface area contributed by atoms with Gasteiger partial charge in [-0.25, -0.2) is 4.98 Å². The smallest absolute Gasteiger partial charge is 0.171 e. The van der Waals surface area contributed by atoms with Gasteiger partial charge in [0.2, 0.25) is 0 Å². The number of rotatable bonds is 0. The SMILES string of the molecule is N#Cc1cc2oncc2cn1. The van der Waals surface area contributed by atoms with Crippen LogP contribution in [0.3, 0.4) is 0 Å². The number of aromatic nitrogens is 2. The molecule has 0 spiro atoms. The van der Waals surface area contributed by atoms with Crippen molar-refractivity contribution in [3.8, 4) is 6.07 Å². The number of pyridine rings is 1. The minimum absolute atomic E-state index is 0.342. The maximum absolute atomic E-state index is 8.46. The van der Waals surface area contributed by atoms with Crippen molar-refractivity contribution in [2.75, 3.05) is 0 Å². The Morgan fingerprint density at radius 3 is 3.18 bits per heavy atom. The maximum Gasteiger partial charge on any atom is 0.171 e. The molecule has 0 aliphatic rings. The molecule has 2 heterocycles. The summed E-state index contributed by atoms with van der Waals surface area (Å²) in [7, 11) is 0. The Morgan fingerprint density at radius 2 is 2.36 bits per heavy atom. The Hall–Kier alpha value is -1.89. The average Bonchev–Trinajstić information content (AvgIpc) is 2.50. The van der Waals surface area contributed by atoms with Crippen molar-refractivity contribution in [2.45, 2.75) is 0 Å². The summed E-state index contributed by atoms with van der Waals surface area (Å²) >= 11 is 0. The van der Waals surface area contributed by atoms with E-state index in [-0.39, 0.29) is 0 Å². The average molecular weight is 145 g/mol. The van der Waals surface area contributed by atoms with Crippen LogP contribution in [0.25, 0.3) is 11.0 Å². The molecule has 0 aliphatic carbocycles. The largest absolute Gasteiger partial charge is 0.356 e. The van der Waals surface area contributed by atoms with Crippen LogP contribution in [-0.2, 0) is 0 Å². The van der Waals surface area contributed by atoms with E-state index >= 15 is 0 Å². The molecular weight excluding hydrogens is 142 g/mol. The predicted molar refractivity (Wildman–Crippen MR) is 36.5 cm³/mol. The van der Waals surface area contributed by atoms with Crippen molar-refractivity contribution in [1.29, 1.82) is 5.26 Å². The fraction of sp³-hybridized carbons (Fsp3) is 0. The minimum Gasteiger partial charge on any atom is -0.356 e. The summed E-state index contributed by atoms with van der Waals surface area (Å²) < 4.78 is 4.82. The van der Waals surface area contributed by atoms with Gasteiger partial charge >= 0.3 is 0 Å². The standard InChI is InChI=1S/C7H3N3O/c8-2-6-1-7-5(3-9-6)4-10-11-7/h1,3-4H. The van der Waals surface area contributed by atoms with Crippen LogP contribution in [0.5, 0.6) is 0 Å².